The van der Waals surface area contributed by atoms with Crippen molar-refractivity contribution in [1.29, 1.82) is 0 Å². The highest BCUT2D eigenvalue weighted by molar-refractivity contribution is 6.01. The summed E-state index contributed by atoms with van der Waals surface area (Å²) in [7, 11) is 3.21. The first-order chi connectivity index (χ1) is 23.5. The molecule has 0 saturated heterocycles. The maximum Gasteiger partial charge on any atom is 0.252 e. The van der Waals surface area contributed by atoms with Crippen LogP contribution in [0.1, 0.15) is 40.3 Å². The molecule has 11 heteroatoms. The van der Waals surface area contributed by atoms with E-state index in [1.807, 2.05) is 97.1 Å². The fourth-order valence-electron chi connectivity index (χ4n) is 5.63. The minimum atomic E-state index is -1.44. The number of hydrogen-bond donors (Lipinski definition) is 2. The zero-order chi connectivity index (χ0) is 33.8. The molecule has 2 N–H and O–H groups in total. The first-order valence-electron chi connectivity index (χ1n) is 15.7. The third-order valence-corrected chi connectivity index (χ3v) is 8.17. The number of nitrogens with one attached hydrogen (secondary N) is 1. The van der Waals surface area contributed by atoms with Gasteiger partial charge in [-0.15, -0.1) is 0 Å². The molecule has 2 atom stereocenters. The van der Waals surface area contributed by atoms with Crippen LogP contribution in [0.4, 0.5) is 0 Å². The Morgan fingerprint density at radius 2 is 1.69 bits per heavy atom. The monoisotopic (exact) mass is 649 g/mol. The normalized spacial score (nSPS) is 16.6. The molecule has 0 fully saturated rings. The van der Waals surface area contributed by atoms with Gasteiger partial charge in [0.25, 0.3) is 5.91 Å². The number of aliphatic hydroxyl groups excluding tert-OH is 1. The molecule has 248 valence electrons. The number of aliphatic hydroxyl groups is 1. The number of carbonyl (C=O) groups is 1. The van der Waals surface area contributed by atoms with Gasteiger partial charge in [0.1, 0.15) is 17.2 Å². The van der Waals surface area contributed by atoms with Crippen LogP contribution in [0.2, 0.25) is 0 Å². The summed E-state index contributed by atoms with van der Waals surface area (Å²) < 4.78 is 23.2. The van der Waals surface area contributed by atoms with Crippen LogP contribution in [0.3, 0.4) is 0 Å². The number of rotatable bonds is 16. The van der Waals surface area contributed by atoms with Crippen molar-refractivity contribution in [3.05, 3.63) is 135 Å². The fourth-order valence-corrected chi connectivity index (χ4v) is 5.63. The second-order valence-electron chi connectivity index (χ2n) is 11.3. The molecule has 48 heavy (non-hydrogen) atoms. The Morgan fingerprint density at radius 3 is 2.40 bits per heavy atom. The van der Waals surface area contributed by atoms with Crippen molar-refractivity contribution in [3.63, 3.8) is 0 Å². The molecule has 1 amide bonds. The van der Waals surface area contributed by atoms with Gasteiger partial charge in [-0.05, 0) is 82.7 Å². The van der Waals surface area contributed by atoms with Crippen LogP contribution in [0.5, 0.6) is 17.2 Å². The molecule has 0 bridgehead atoms. The maximum absolute atomic E-state index is 14.6. The van der Waals surface area contributed by atoms with Crippen molar-refractivity contribution in [3.8, 4) is 17.2 Å². The highest BCUT2D eigenvalue weighted by Gasteiger charge is 2.53. The van der Waals surface area contributed by atoms with Crippen LogP contribution in [0, 0.1) is 0 Å². The Hall–Kier alpha value is -5.51. The highest BCUT2D eigenvalue weighted by Crippen LogP contribution is 2.43. The van der Waals surface area contributed by atoms with Gasteiger partial charge in [-0.3, -0.25) is 4.79 Å². The summed E-state index contributed by atoms with van der Waals surface area (Å²) in [6, 6.07) is 30.0. The number of azide groups is 1. The molecule has 4 aromatic carbocycles. The van der Waals surface area contributed by atoms with Crippen molar-refractivity contribution >= 4 is 11.8 Å². The van der Waals surface area contributed by atoms with E-state index in [0.29, 0.717) is 49.0 Å². The minimum Gasteiger partial charge on any atom is -0.497 e. The van der Waals surface area contributed by atoms with Crippen LogP contribution >= 0.6 is 0 Å². The number of benzene rings is 4. The zero-order valence-corrected chi connectivity index (χ0v) is 27.0. The average Bonchev–Trinajstić information content (AvgIpc) is 3.52. The number of carbonyl (C=O) groups excluding carboxylic acids is 1. The van der Waals surface area contributed by atoms with Crippen LogP contribution in [0.25, 0.3) is 10.4 Å². The lowest BCUT2D eigenvalue weighted by molar-refractivity contribution is -0.128. The Bertz CT molecular complexity index is 1760. The van der Waals surface area contributed by atoms with Gasteiger partial charge in [0.2, 0.25) is 5.90 Å². The number of nitrogens with zero attached hydrogens (tertiary/aromatic N) is 4. The average molecular weight is 650 g/mol. The lowest BCUT2D eigenvalue weighted by Gasteiger charge is -2.31. The zero-order valence-electron chi connectivity index (χ0n) is 27.0. The van der Waals surface area contributed by atoms with E-state index in [9.17, 15) is 4.79 Å². The third-order valence-electron chi connectivity index (χ3n) is 8.17. The van der Waals surface area contributed by atoms with Crippen molar-refractivity contribution in [2.24, 2.45) is 10.1 Å². The first-order valence-corrected chi connectivity index (χ1v) is 15.7. The molecule has 1 aliphatic rings. The van der Waals surface area contributed by atoms with Crippen molar-refractivity contribution in [2.75, 3.05) is 34.0 Å². The fraction of sp³-hybridized carbons (Fsp3) is 0.297. The summed E-state index contributed by atoms with van der Waals surface area (Å²) in [5.41, 5.74) is 11.7. The van der Waals surface area contributed by atoms with Gasteiger partial charge in [-0.25, -0.2) is 4.99 Å². The van der Waals surface area contributed by atoms with Gasteiger partial charge in [0, 0.05) is 36.5 Å². The lowest BCUT2D eigenvalue weighted by Crippen LogP contribution is -2.50. The summed E-state index contributed by atoms with van der Waals surface area (Å²) in [5, 5.41) is 16.0. The van der Waals surface area contributed by atoms with Crippen LogP contribution < -0.4 is 19.5 Å². The largest absolute Gasteiger partial charge is 0.497 e. The second-order valence-corrected chi connectivity index (χ2v) is 11.3. The second kappa shape index (κ2) is 16.4. The summed E-state index contributed by atoms with van der Waals surface area (Å²) in [4.78, 5) is 22.7. The van der Waals surface area contributed by atoms with Crippen LogP contribution in [-0.4, -0.2) is 56.4 Å². The quantitative estimate of drug-likeness (QED) is 0.0646. The number of methoxy groups -OCH3 is 2. The summed E-state index contributed by atoms with van der Waals surface area (Å²) >= 11 is 0. The Morgan fingerprint density at radius 1 is 0.958 bits per heavy atom. The molecule has 0 unspecified atom stereocenters. The van der Waals surface area contributed by atoms with Gasteiger partial charge in [0.05, 0.1) is 27.4 Å². The van der Waals surface area contributed by atoms with Crippen molar-refractivity contribution < 1.29 is 28.8 Å². The number of amides is 1. The standard InChI is InChI=1S/C37H39N5O6/c1-45-31-15-11-26(12-16-31)19-20-39-36(44)37(24-29-7-3-4-8-30(29)25-40-42-38)34(28-9-5-10-33(23-28)46-2)48-35(41-37)27-13-17-32(18-14-27)47-22-6-21-43/h3-5,7-18,23,34,43H,6,19-22,24-25H2,1-2H3,(H,39,44)/t34-,37-/m1/s1. The summed E-state index contributed by atoms with van der Waals surface area (Å²) in [6.45, 7) is 0.925. The smallest absolute Gasteiger partial charge is 0.252 e. The first kappa shape index (κ1) is 33.8. The number of hydrogen-bond acceptors (Lipinski definition) is 8. The molecule has 1 heterocycles. The van der Waals surface area contributed by atoms with E-state index in [4.69, 9.17) is 34.6 Å². The number of aliphatic imine (C=N–C) groups is 1. The number of ether oxygens (including phenoxy) is 4. The topological polar surface area (TPSA) is 147 Å². The predicted molar refractivity (Wildman–Crippen MR) is 182 cm³/mol. The molecular weight excluding hydrogens is 610 g/mol. The molecule has 0 saturated carbocycles. The predicted octanol–water partition coefficient (Wildman–Crippen LogP) is 6.13. The molecule has 11 nitrogen and oxygen atoms in total. The van der Waals surface area contributed by atoms with E-state index in [2.05, 4.69) is 15.3 Å². The summed E-state index contributed by atoms with van der Waals surface area (Å²) in [5.74, 6) is 2.03. The van der Waals surface area contributed by atoms with Gasteiger partial charge in [-0.1, -0.05) is 53.6 Å². The van der Waals surface area contributed by atoms with E-state index < -0.39 is 11.6 Å². The SMILES string of the molecule is COc1ccc(CCNC(=O)[C@]2(Cc3ccccc3CN=[N+]=[N-])N=C(c3ccc(OCCCO)cc3)O[C@@H]2c2cccc(OC)c2)cc1. The molecule has 0 aliphatic carbocycles. The Kier molecular flexibility index (Phi) is 11.5. The summed E-state index contributed by atoms with van der Waals surface area (Å²) in [6.07, 6.45) is 0.471. The van der Waals surface area contributed by atoms with E-state index in [1.165, 1.54) is 0 Å². The third kappa shape index (κ3) is 8.06. The van der Waals surface area contributed by atoms with E-state index in [-0.39, 0.29) is 25.5 Å². The van der Waals surface area contributed by atoms with E-state index in [0.717, 1.165) is 28.0 Å². The molecule has 0 aromatic heterocycles. The van der Waals surface area contributed by atoms with Crippen molar-refractivity contribution in [2.45, 2.75) is 37.5 Å². The Balaban J connectivity index is 1.55. The molecule has 1 aliphatic heterocycles. The maximum atomic E-state index is 14.6. The molecule has 5 rings (SSSR count). The molecule has 4 aromatic rings. The van der Waals surface area contributed by atoms with Gasteiger partial charge in [0.15, 0.2) is 11.6 Å². The Labute approximate surface area is 279 Å². The van der Waals surface area contributed by atoms with Crippen LogP contribution in [-0.2, 0) is 28.9 Å². The molecule has 0 radical (unpaired) electrons. The minimum absolute atomic E-state index is 0.0463. The van der Waals surface area contributed by atoms with E-state index >= 15 is 0 Å². The lowest BCUT2D eigenvalue weighted by atomic mass is 9.80. The van der Waals surface area contributed by atoms with Crippen LogP contribution in [0.15, 0.2) is 107 Å². The highest BCUT2D eigenvalue weighted by atomic mass is 16.5. The van der Waals surface area contributed by atoms with Gasteiger partial charge in [-0.2, -0.15) is 0 Å². The molecule has 0 spiro atoms. The van der Waals surface area contributed by atoms with E-state index in [1.54, 1.807) is 14.2 Å². The van der Waals surface area contributed by atoms with Gasteiger partial charge >= 0.3 is 0 Å². The van der Waals surface area contributed by atoms with Crippen molar-refractivity contribution in [1.82, 2.24) is 5.32 Å². The van der Waals surface area contributed by atoms with Gasteiger partial charge < -0.3 is 29.4 Å². The molecular formula is C37H39N5O6.